The standard InChI is InChI=1S/C17H19Cl2N/c1-13(10-11-14-6-3-2-4-7-14)20-12-15-8-5-9-16(18)17(15)19/h2-9,13,20H,10-12H2,1H3/t13-/m1/s1. The van der Waals surface area contributed by atoms with Crippen LogP contribution in [-0.2, 0) is 13.0 Å². The highest BCUT2D eigenvalue weighted by atomic mass is 35.5. The van der Waals surface area contributed by atoms with Crippen LogP contribution in [0.5, 0.6) is 0 Å². The molecule has 0 aliphatic carbocycles. The predicted molar refractivity (Wildman–Crippen MR) is 87.5 cm³/mol. The number of rotatable bonds is 6. The summed E-state index contributed by atoms with van der Waals surface area (Å²) in [6, 6.07) is 16.7. The van der Waals surface area contributed by atoms with E-state index in [0.29, 0.717) is 16.1 Å². The van der Waals surface area contributed by atoms with Crippen molar-refractivity contribution in [2.45, 2.75) is 32.4 Å². The van der Waals surface area contributed by atoms with E-state index < -0.39 is 0 Å². The summed E-state index contributed by atoms with van der Waals surface area (Å²) in [4.78, 5) is 0. The van der Waals surface area contributed by atoms with Crippen molar-refractivity contribution in [2.75, 3.05) is 0 Å². The first-order chi connectivity index (χ1) is 9.66. The number of nitrogens with one attached hydrogen (secondary N) is 1. The number of hydrogen-bond donors (Lipinski definition) is 1. The van der Waals surface area contributed by atoms with E-state index in [1.165, 1.54) is 5.56 Å². The van der Waals surface area contributed by atoms with Crippen LogP contribution in [0, 0.1) is 0 Å². The fraction of sp³-hybridized carbons (Fsp3) is 0.294. The zero-order valence-corrected chi connectivity index (χ0v) is 13.1. The first-order valence-electron chi connectivity index (χ1n) is 6.87. The first kappa shape index (κ1) is 15.4. The second-order valence-corrected chi connectivity index (χ2v) is 5.80. The minimum atomic E-state index is 0.435. The van der Waals surface area contributed by atoms with Gasteiger partial charge in [-0.3, -0.25) is 0 Å². The second-order valence-electron chi connectivity index (χ2n) is 5.02. The maximum Gasteiger partial charge on any atom is 0.0637 e. The minimum absolute atomic E-state index is 0.435. The zero-order valence-electron chi connectivity index (χ0n) is 11.6. The van der Waals surface area contributed by atoms with Crippen molar-refractivity contribution < 1.29 is 0 Å². The van der Waals surface area contributed by atoms with E-state index in [0.717, 1.165) is 24.9 Å². The largest absolute Gasteiger partial charge is 0.310 e. The zero-order chi connectivity index (χ0) is 14.4. The van der Waals surface area contributed by atoms with Gasteiger partial charge in [-0.2, -0.15) is 0 Å². The average molecular weight is 308 g/mol. The Morgan fingerprint density at radius 2 is 1.75 bits per heavy atom. The molecule has 0 aliphatic heterocycles. The Hall–Kier alpha value is -1.02. The van der Waals surface area contributed by atoms with Gasteiger partial charge >= 0.3 is 0 Å². The van der Waals surface area contributed by atoms with Gasteiger partial charge in [0.05, 0.1) is 10.0 Å². The molecule has 0 aromatic heterocycles. The summed E-state index contributed by atoms with van der Waals surface area (Å²) in [6.07, 6.45) is 2.18. The molecule has 0 saturated carbocycles. The lowest BCUT2D eigenvalue weighted by Crippen LogP contribution is -2.26. The van der Waals surface area contributed by atoms with Crippen LogP contribution in [0.2, 0.25) is 10.0 Å². The van der Waals surface area contributed by atoms with Crippen molar-refractivity contribution >= 4 is 23.2 Å². The summed E-state index contributed by atoms with van der Waals surface area (Å²) in [5.74, 6) is 0. The number of aryl methyl sites for hydroxylation is 1. The summed E-state index contributed by atoms with van der Waals surface area (Å²) in [5.41, 5.74) is 2.42. The van der Waals surface area contributed by atoms with Crippen molar-refractivity contribution in [1.29, 1.82) is 0 Å². The molecule has 0 fully saturated rings. The Balaban J connectivity index is 1.80. The van der Waals surface area contributed by atoms with Crippen LogP contribution < -0.4 is 5.32 Å². The van der Waals surface area contributed by atoms with Crippen molar-refractivity contribution in [1.82, 2.24) is 5.32 Å². The Kier molecular flexibility index (Phi) is 5.90. The summed E-state index contributed by atoms with van der Waals surface area (Å²) in [5, 5.41) is 4.76. The Morgan fingerprint density at radius 1 is 1.00 bits per heavy atom. The lowest BCUT2D eigenvalue weighted by Gasteiger charge is -2.15. The van der Waals surface area contributed by atoms with Gasteiger partial charge in [0.25, 0.3) is 0 Å². The van der Waals surface area contributed by atoms with Crippen molar-refractivity contribution in [3.8, 4) is 0 Å². The fourth-order valence-corrected chi connectivity index (χ4v) is 2.49. The van der Waals surface area contributed by atoms with Crippen molar-refractivity contribution in [3.63, 3.8) is 0 Å². The van der Waals surface area contributed by atoms with Crippen LogP contribution >= 0.6 is 23.2 Å². The quantitative estimate of drug-likeness (QED) is 0.782. The smallest absolute Gasteiger partial charge is 0.0637 e. The van der Waals surface area contributed by atoms with E-state index in [9.17, 15) is 0 Å². The van der Waals surface area contributed by atoms with Gasteiger partial charge < -0.3 is 5.32 Å². The number of hydrogen-bond acceptors (Lipinski definition) is 1. The van der Waals surface area contributed by atoms with E-state index in [2.05, 4.69) is 36.5 Å². The molecule has 2 aromatic carbocycles. The van der Waals surface area contributed by atoms with Crippen molar-refractivity contribution in [3.05, 3.63) is 69.7 Å². The molecule has 2 aromatic rings. The molecule has 106 valence electrons. The van der Waals surface area contributed by atoms with Crippen LogP contribution in [0.4, 0.5) is 0 Å². The van der Waals surface area contributed by atoms with Crippen molar-refractivity contribution in [2.24, 2.45) is 0 Å². The molecule has 0 saturated heterocycles. The van der Waals surface area contributed by atoms with Gasteiger partial charge in [0, 0.05) is 12.6 Å². The average Bonchev–Trinajstić information content (AvgIpc) is 2.48. The summed E-state index contributed by atoms with van der Waals surface area (Å²) in [7, 11) is 0. The Morgan fingerprint density at radius 3 is 2.50 bits per heavy atom. The van der Waals surface area contributed by atoms with E-state index in [-0.39, 0.29) is 0 Å². The molecular formula is C17H19Cl2N. The normalized spacial score (nSPS) is 12.3. The maximum atomic E-state index is 6.18. The molecular weight excluding hydrogens is 289 g/mol. The van der Waals surface area contributed by atoms with E-state index in [4.69, 9.17) is 23.2 Å². The highest BCUT2D eigenvalue weighted by molar-refractivity contribution is 6.42. The molecule has 1 atom stereocenters. The van der Waals surface area contributed by atoms with Gasteiger partial charge in [0.2, 0.25) is 0 Å². The summed E-state index contributed by atoms with van der Waals surface area (Å²) >= 11 is 12.2. The monoisotopic (exact) mass is 307 g/mol. The van der Waals surface area contributed by atoms with Crippen LogP contribution in [0.3, 0.4) is 0 Å². The van der Waals surface area contributed by atoms with Crippen LogP contribution in [0.1, 0.15) is 24.5 Å². The minimum Gasteiger partial charge on any atom is -0.310 e. The molecule has 1 nitrogen and oxygen atoms in total. The first-order valence-corrected chi connectivity index (χ1v) is 7.62. The highest BCUT2D eigenvalue weighted by Crippen LogP contribution is 2.25. The lowest BCUT2D eigenvalue weighted by atomic mass is 10.1. The van der Waals surface area contributed by atoms with Gasteiger partial charge in [-0.05, 0) is 37.0 Å². The van der Waals surface area contributed by atoms with Gasteiger partial charge in [0.1, 0.15) is 0 Å². The highest BCUT2D eigenvalue weighted by Gasteiger charge is 2.06. The van der Waals surface area contributed by atoms with Gasteiger partial charge in [-0.25, -0.2) is 0 Å². The number of halogens is 2. The van der Waals surface area contributed by atoms with E-state index in [1.807, 2.05) is 24.3 Å². The van der Waals surface area contributed by atoms with Gasteiger partial charge in [0.15, 0.2) is 0 Å². The SMILES string of the molecule is C[C@H](CCc1ccccc1)NCc1cccc(Cl)c1Cl. The van der Waals surface area contributed by atoms with Crippen LogP contribution in [0.15, 0.2) is 48.5 Å². The van der Waals surface area contributed by atoms with E-state index >= 15 is 0 Å². The summed E-state index contributed by atoms with van der Waals surface area (Å²) < 4.78 is 0. The van der Waals surface area contributed by atoms with Gasteiger partial charge in [-0.1, -0.05) is 65.7 Å². The maximum absolute atomic E-state index is 6.18. The molecule has 20 heavy (non-hydrogen) atoms. The molecule has 0 heterocycles. The Labute approximate surface area is 130 Å². The summed E-state index contributed by atoms with van der Waals surface area (Å²) in [6.45, 7) is 2.94. The molecule has 0 radical (unpaired) electrons. The second kappa shape index (κ2) is 7.68. The van der Waals surface area contributed by atoms with Crippen LogP contribution in [0.25, 0.3) is 0 Å². The molecule has 0 aliphatic rings. The predicted octanol–water partition coefficient (Wildman–Crippen LogP) is 5.10. The molecule has 3 heteroatoms. The topological polar surface area (TPSA) is 12.0 Å². The Bertz CT molecular complexity index is 540. The molecule has 0 spiro atoms. The third-order valence-electron chi connectivity index (χ3n) is 3.38. The van der Waals surface area contributed by atoms with Crippen LogP contribution in [-0.4, -0.2) is 6.04 Å². The van der Waals surface area contributed by atoms with Gasteiger partial charge in [-0.15, -0.1) is 0 Å². The lowest BCUT2D eigenvalue weighted by molar-refractivity contribution is 0.514. The number of benzene rings is 2. The fourth-order valence-electron chi connectivity index (χ4n) is 2.10. The third-order valence-corrected chi connectivity index (χ3v) is 4.24. The van der Waals surface area contributed by atoms with E-state index in [1.54, 1.807) is 0 Å². The molecule has 2 rings (SSSR count). The molecule has 0 unspecified atom stereocenters. The molecule has 0 amide bonds. The molecule has 1 N–H and O–H groups in total. The molecule has 0 bridgehead atoms. The third kappa shape index (κ3) is 4.52.